The van der Waals surface area contributed by atoms with Crippen LogP contribution in [0.25, 0.3) is 0 Å². The van der Waals surface area contributed by atoms with E-state index in [4.69, 9.17) is 4.74 Å². The third-order valence-corrected chi connectivity index (χ3v) is 4.25. The molecule has 0 aliphatic carbocycles. The standard InChI is InChI=1S/C18H17N3O2/c1-23-15-9-5-2-6-11(15)17-16-14(10-19-18(16)22)20-12-7-3-4-8-13(12)21-17/h2-9,17,20-21H,10H2,1H3,(H,19,22). The predicted octanol–water partition coefficient (Wildman–Crippen LogP) is 2.66. The van der Waals surface area contributed by atoms with Crippen molar-refractivity contribution in [1.29, 1.82) is 0 Å². The minimum absolute atomic E-state index is 0.0521. The molecule has 1 atom stereocenters. The Morgan fingerprint density at radius 3 is 2.61 bits per heavy atom. The first-order valence-corrected chi connectivity index (χ1v) is 7.54. The van der Waals surface area contributed by atoms with Crippen LogP contribution in [0.5, 0.6) is 5.75 Å². The average molecular weight is 307 g/mol. The van der Waals surface area contributed by atoms with Gasteiger partial charge in [0, 0.05) is 11.3 Å². The van der Waals surface area contributed by atoms with Crippen molar-refractivity contribution in [2.75, 3.05) is 24.3 Å². The molecule has 23 heavy (non-hydrogen) atoms. The molecule has 1 amide bonds. The van der Waals surface area contributed by atoms with Gasteiger partial charge in [-0.25, -0.2) is 0 Å². The molecular weight excluding hydrogens is 290 g/mol. The van der Waals surface area contributed by atoms with Gasteiger partial charge in [0.2, 0.25) is 0 Å². The smallest absolute Gasteiger partial charge is 0.251 e. The number of methoxy groups -OCH3 is 1. The lowest BCUT2D eigenvalue weighted by Gasteiger charge is -2.22. The molecule has 1 unspecified atom stereocenters. The third kappa shape index (κ3) is 2.21. The Balaban J connectivity index is 1.89. The summed E-state index contributed by atoms with van der Waals surface area (Å²) >= 11 is 0. The second-order valence-electron chi connectivity index (χ2n) is 5.56. The Kier molecular flexibility index (Phi) is 3.19. The Morgan fingerprint density at radius 2 is 1.78 bits per heavy atom. The maximum atomic E-state index is 12.4. The molecule has 0 spiro atoms. The fourth-order valence-corrected chi connectivity index (χ4v) is 3.16. The maximum Gasteiger partial charge on any atom is 0.251 e. The molecule has 3 N–H and O–H groups in total. The molecule has 0 aromatic heterocycles. The third-order valence-electron chi connectivity index (χ3n) is 4.25. The van der Waals surface area contributed by atoms with Crippen LogP contribution >= 0.6 is 0 Å². The Morgan fingerprint density at radius 1 is 1.04 bits per heavy atom. The number of amides is 1. The van der Waals surface area contributed by atoms with Crippen molar-refractivity contribution in [2.45, 2.75) is 6.04 Å². The summed E-state index contributed by atoms with van der Waals surface area (Å²) in [4.78, 5) is 12.4. The normalized spacial score (nSPS) is 19.0. The van der Waals surface area contributed by atoms with E-state index < -0.39 is 0 Å². The first-order valence-electron chi connectivity index (χ1n) is 7.54. The Bertz CT molecular complexity index is 813. The topological polar surface area (TPSA) is 62.4 Å². The molecular formula is C18H17N3O2. The lowest BCUT2D eigenvalue weighted by molar-refractivity contribution is -0.116. The quantitative estimate of drug-likeness (QED) is 0.798. The van der Waals surface area contributed by atoms with Crippen LogP contribution < -0.4 is 20.7 Å². The minimum Gasteiger partial charge on any atom is -0.496 e. The summed E-state index contributed by atoms with van der Waals surface area (Å²) < 4.78 is 5.50. The summed E-state index contributed by atoms with van der Waals surface area (Å²) in [5, 5.41) is 9.77. The molecule has 5 heteroatoms. The molecule has 0 saturated carbocycles. The number of hydrogen-bond donors (Lipinski definition) is 3. The Hall–Kier alpha value is -2.95. The molecule has 2 aromatic carbocycles. The second-order valence-corrected chi connectivity index (χ2v) is 5.56. The number of rotatable bonds is 2. The van der Waals surface area contributed by atoms with E-state index in [0.29, 0.717) is 12.1 Å². The summed E-state index contributed by atoms with van der Waals surface area (Å²) in [6.07, 6.45) is 0. The van der Waals surface area contributed by atoms with Gasteiger partial charge in [-0.15, -0.1) is 0 Å². The number of carbonyl (C=O) groups excluding carboxylic acids is 1. The molecule has 0 saturated heterocycles. The number of para-hydroxylation sites is 3. The van der Waals surface area contributed by atoms with Crippen LogP contribution in [0.4, 0.5) is 11.4 Å². The van der Waals surface area contributed by atoms with Gasteiger partial charge in [-0.1, -0.05) is 30.3 Å². The SMILES string of the molecule is COc1ccccc1C1Nc2ccccc2NC2=C1C(=O)NC2. The first-order chi connectivity index (χ1) is 11.3. The number of fused-ring (bicyclic) bond motifs is 1. The van der Waals surface area contributed by atoms with Crippen LogP contribution in [0.2, 0.25) is 0 Å². The average Bonchev–Trinajstić information content (AvgIpc) is 2.86. The van der Waals surface area contributed by atoms with E-state index in [-0.39, 0.29) is 11.9 Å². The van der Waals surface area contributed by atoms with E-state index in [9.17, 15) is 4.79 Å². The van der Waals surface area contributed by atoms with E-state index in [1.807, 2.05) is 48.5 Å². The minimum atomic E-state index is -0.264. The summed E-state index contributed by atoms with van der Waals surface area (Å²) in [6, 6.07) is 15.5. The van der Waals surface area contributed by atoms with E-state index in [1.54, 1.807) is 7.11 Å². The molecule has 0 bridgehead atoms. The molecule has 4 rings (SSSR count). The lowest BCUT2D eigenvalue weighted by atomic mass is 9.96. The van der Waals surface area contributed by atoms with E-state index >= 15 is 0 Å². The lowest BCUT2D eigenvalue weighted by Crippen LogP contribution is -2.24. The summed E-state index contributed by atoms with van der Waals surface area (Å²) in [5.74, 6) is 0.708. The van der Waals surface area contributed by atoms with Crippen molar-refractivity contribution >= 4 is 17.3 Å². The zero-order valence-electron chi connectivity index (χ0n) is 12.7. The van der Waals surface area contributed by atoms with Gasteiger partial charge in [-0.05, 0) is 18.2 Å². The highest BCUT2D eigenvalue weighted by Crippen LogP contribution is 2.40. The number of nitrogens with one attached hydrogen (secondary N) is 3. The number of hydrogen-bond acceptors (Lipinski definition) is 4. The van der Waals surface area contributed by atoms with Crippen LogP contribution in [0.1, 0.15) is 11.6 Å². The van der Waals surface area contributed by atoms with Gasteiger partial charge in [-0.2, -0.15) is 0 Å². The first kappa shape index (κ1) is 13.7. The number of carbonyl (C=O) groups is 1. The van der Waals surface area contributed by atoms with E-state index in [1.165, 1.54) is 0 Å². The summed E-state index contributed by atoms with van der Waals surface area (Å²) in [5.41, 5.74) is 4.49. The fraction of sp³-hybridized carbons (Fsp3) is 0.167. The van der Waals surface area contributed by atoms with E-state index in [2.05, 4.69) is 16.0 Å². The van der Waals surface area contributed by atoms with Gasteiger partial charge in [-0.3, -0.25) is 4.79 Å². The summed E-state index contributed by atoms with van der Waals surface area (Å²) in [7, 11) is 1.64. The zero-order chi connectivity index (χ0) is 15.8. The van der Waals surface area contributed by atoms with Crippen LogP contribution in [0.15, 0.2) is 59.8 Å². The van der Waals surface area contributed by atoms with Crippen molar-refractivity contribution in [3.05, 3.63) is 65.4 Å². The molecule has 0 fully saturated rings. The maximum absolute atomic E-state index is 12.4. The number of anilines is 2. The van der Waals surface area contributed by atoms with Gasteiger partial charge in [0.1, 0.15) is 5.75 Å². The van der Waals surface area contributed by atoms with Gasteiger partial charge in [0.05, 0.1) is 36.6 Å². The molecule has 0 radical (unpaired) electrons. The van der Waals surface area contributed by atoms with Gasteiger partial charge >= 0.3 is 0 Å². The van der Waals surface area contributed by atoms with Gasteiger partial charge in [0.15, 0.2) is 0 Å². The largest absolute Gasteiger partial charge is 0.496 e. The second kappa shape index (κ2) is 5.35. The van der Waals surface area contributed by atoms with Crippen LogP contribution in [0, 0.1) is 0 Å². The molecule has 5 nitrogen and oxygen atoms in total. The van der Waals surface area contributed by atoms with Crippen LogP contribution in [-0.4, -0.2) is 19.6 Å². The van der Waals surface area contributed by atoms with Crippen molar-refractivity contribution in [3.8, 4) is 5.75 Å². The molecule has 2 aliphatic rings. The van der Waals surface area contributed by atoms with Gasteiger partial charge < -0.3 is 20.7 Å². The highest BCUT2D eigenvalue weighted by atomic mass is 16.5. The molecule has 2 aliphatic heterocycles. The highest BCUT2D eigenvalue weighted by molar-refractivity contribution is 6.01. The van der Waals surface area contributed by atoms with Crippen LogP contribution in [-0.2, 0) is 4.79 Å². The molecule has 116 valence electrons. The van der Waals surface area contributed by atoms with Crippen molar-refractivity contribution in [3.63, 3.8) is 0 Å². The van der Waals surface area contributed by atoms with Crippen molar-refractivity contribution in [1.82, 2.24) is 5.32 Å². The monoisotopic (exact) mass is 307 g/mol. The van der Waals surface area contributed by atoms with Crippen LogP contribution in [0.3, 0.4) is 0 Å². The van der Waals surface area contributed by atoms with Crippen molar-refractivity contribution in [2.24, 2.45) is 0 Å². The fourth-order valence-electron chi connectivity index (χ4n) is 3.16. The zero-order valence-corrected chi connectivity index (χ0v) is 12.7. The molecule has 2 heterocycles. The highest BCUT2D eigenvalue weighted by Gasteiger charge is 2.34. The summed E-state index contributed by atoms with van der Waals surface area (Å²) in [6.45, 7) is 0.510. The number of benzene rings is 2. The number of ether oxygens (including phenoxy) is 1. The van der Waals surface area contributed by atoms with E-state index in [0.717, 1.165) is 28.4 Å². The molecule has 2 aromatic rings. The Labute approximate surface area is 134 Å². The predicted molar refractivity (Wildman–Crippen MR) is 89.5 cm³/mol. The van der Waals surface area contributed by atoms with Gasteiger partial charge in [0.25, 0.3) is 5.91 Å². The van der Waals surface area contributed by atoms with Crippen molar-refractivity contribution < 1.29 is 9.53 Å².